The van der Waals surface area contributed by atoms with Gasteiger partial charge in [-0.1, -0.05) is 13.0 Å². The van der Waals surface area contributed by atoms with Gasteiger partial charge in [0, 0.05) is 25.2 Å². The summed E-state index contributed by atoms with van der Waals surface area (Å²) in [5.41, 5.74) is 0.824. The molecule has 24 heavy (non-hydrogen) atoms. The van der Waals surface area contributed by atoms with E-state index in [1.54, 1.807) is 18.2 Å². The summed E-state index contributed by atoms with van der Waals surface area (Å²) in [5, 5.41) is 2.61. The molecule has 0 radical (unpaired) electrons. The third-order valence-electron chi connectivity index (χ3n) is 4.16. The van der Waals surface area contributed by atoms with Gasteiger partial charge in [-0.25, -0.2) is 4.79 Å². The maximum Gasteiger partial charge on any atom is 0.338 e. The fourth-order valence-corrected chi connectivity index (χ4v) is 2.97. The molecule has 1 N–H and O–H groups in total. The maximum atomic E-state index is 12.3. The van der Waals surface area contributed by atoms with Crippen molar-refractivity contribution in [3.63, 3.8) is 0 Å². The molecule has 0 aromatic heterocycles. The van der Waals surface area contributed by atoms with Crippen LogP contribution in [0.5, 0.6) is 0 Å². The second-order valence-corrected chi connectivity index (χ2v) is 5.98. The number of benzene rings is 1. The molecule has 0 bridgehead atoms. The molecule has 0 unspecified atom stereocenters. The Bertz CT molecular complexity index is 615. The first-order valence-corrected chi connectivity index (χ1v) is 8.35. The van der Waals surface area contributed by atoms with Gasteiger partial charge < -0.3 is 15.0 Å². The second-order valence-electron chi connectivity index (χ2n) is 5.98. The molecule has 1 aromatic rings. The van der Waals surface area contributed by atoms with Crippen LogP contribution >= 0.6 is 0 Å². The van der Waals surface area contributed by atoms with Crippen molar-refractivity contribution in [2.75, 3.05) is 18.5 Å². The summed E-state index contributed by atoms with van der Waals surface area (Å²) in [6.45, 7) is 3.94. The summed E-state index contributed by atoms with van der Waals surface area (Å²) in [6.07, 6.45) is 4.06. The number of carbonyl (C=O) groups is 3. The largest absolute Gasteiger partial charge is 0.452 e. The zero-order chi connectivity index (χ0) is 17.5. The molecule has 0 aliphatic carbocycles. The van der Waals surface area contributed by atoms with Gasteiger partial charge in [0.05, 0.1) is 5.56 Å². The van der Waals surface area contributed by atoms with Gasteiger partial charge in [0.25, 0.3) is 5.91 Å². The Morgan fingerprint density at radius 1 is 1.29 bits per heavy atom. The molecule has 1 saturated heterocycles. The summed E-state index contributed by atoms with van der Waals surface area (Å²) in [4.78, 5) is 37.3. The van der Waals surface area contributed by atoms with Crippen molar-refractivity contribution in [1.29, 1.82) is 0 Å². The van der Waals surface area contributed by atoms with Crippen LogP contribution in [0, 0.1) is 0 Å². The highest BCUT2D eigenvalue weighted by Gasteiger charge is 2.26. The van der Waals surface area contributed by atoms with Gasteiger partial charge in [0.2, 0.25) is 5.91 Å². The Kier molecular flexibility index (Phi) is 6.35. The van der Waals surface area contributed by atoms with Crippen LogP contribution in [0.3, 0.4) is 0 Å². The van der Waals surface area contributed by atoms with E-state index in [-0.39, 0.29) is 24.5 Å². The Balaban J connectivity index is 1.92. The lowest BCUT2D eigenvalue weighted by atomic mass is 10.00. The normalized spacial score (nSPS) is 17.2. The lowest BCUT2D eigenvalue weighted by Crippen LogP contribution is -2.45. The molecule has 6 nitrogen and oxygen atoms in total. The molecular weight excluding hydrogens is 308 g/mol. The number of esters is 1. The van der Waals surface area contributed by atoms with Crippen molar-refractivity contribution >= 4 is 23.5 Å². The zero-order valence-electron chi connectivity index (χ0n) is 14.2. The number of amides is 2. The number of carbonyl (C=O) groups excluding carboxylic acids is 3. The quantitative estimate of drug-likeness (QED) is 0.841. The molecule has 2 rings (SSSR count). The molecule has 1 heterocycles. The molecule has 6 heteroatoms. The smallest absolute Gasteiger partial charge is 0.338 e. The minimum atomic E-state index is -0.569. The standard InChI is InChI=1S/C18H24N2O4/c1-3-16-9-4-5-10-20(16)17(22)12-24-18(23)14-7-6-8-15(11-14)19-13(2)21/h6-8,11,16H,3-5,9-10,12H2,1-2H3,(H,19,21)/t16-/m0/s1. The number of hydrogen-bond donors (Lipinski definition) is 1. The highest BCUT2D eigenvalue weighted by molar-refractivity contribution is 5.94. The summed E-state index contributed by atoms with van der Waals surface area (Å²) in [7, 11) is 0. The van der Waals surface area contributed by atoms with Gasteiger partial charge in [-0.05, 0) is 43.9 Å². The summed E-state index contributed by atoms with van der Waals surface area (Å²) < 4.78 is 5.15. The molecule has 1 fully saturated rings. The van der Waals surface area contributed by atoms with Crippen LogP contribution < -0.4 is 5.32 Å². The number of anilines is 1. The van der Waals surface area contributed by atoms with Crippen LogP contribution in [0.15, 0.2) is 24.3 Å². The van der Waals surface area contributed by atoms with Gasteiger partial charge in [0.15, 0.2) is 6.61 Å². The second kappa shape index (κ2) is 8.47. The molecule has 0 saturated carbocycles. The number of rotatable bonds is 5. The number of nitrogens with zero attached hydrogens (tertiary/aromatic N) is 1. The van der Waals surface area contributed by atoms with E-state index >= 15 is 0 Å². The third-order valence-corrected chi connectivity index (χ3v) is 4.16. The first-order valence-electron chi connectivity index (χ1n) is 8.35. The molecule has 1 aliphatic heterocycles. The maximum absolute atomic E-state index is 12.3. The van der Waals surface area contributed by atoms with Crippen LogP contribution in [0.2, 0.25) is 0 Å². The monoisotopic (exact) mass is 332 g/mol. The van der Waals surface area contributed by atoms with Crippen molar-refractivity contribution in [3.8, 4) is 0 Å². The van der Waals surface area contributed by atoms with Crippen molar-refractivity contribution < 1.29 is 19.1 Å². The van der Waals surface area contributed by atoms with Crippen molar-refractivity contribution in [2.45, 2.75) is 45.6 Å². The minimum absolute atomic E-state index is 0.145. The Hall–Kier alpha value is -2.37. The van der Waals surface area contributed by atoms with Crippen LogP contribution in [-0.2, 0) is 14.3 Å². The Labute approximate surface area is 142 Å². The lowest BCUT2D eigenvalue weighted by Gasteiger charge is -2.35. The van der Waals surface area contributed by atoms with Crippen molar-refractivity contribution in [2.24, 2.45) is 0 Å². The van der Waals surface area contributed by atoms with Crippen LogP contribution in [0.4, 0.5) is 5.69 Å². The van der Waals surface area contributed by atoms with E-state index in [1.807, 2.05) is 4.90 Å². The average molecular weight is 332 g/mol. The van der Waals surface area contributed by atoms with Crippen molar-refractivity contribution in [3.05, 3.63) is 29.8 Å². The van der Waals surface area contributed by atoms with E-state index in [4.69, 9.17) is 4.74 Å². The zero-order valence-corrected chi connectivity index (χ0v) is 14.2. The predicted molar refractivity (Wildman–Crippen MR) is 90.7 cm³/mol. The van der Waals surface area contributed by atoms with Gasteiger partial charge in [-0.2, -0.15) is 0 Å². The highest BCUT2D eigenvalue weighted by Crippen LogP contribution is 2.19. The van der Waals surface area contributed by atoms with Gasteiger partial charge in [0.1, 0.15) is 0 Å². The molecule has 1 atom stereocenters. The molecule has 1 aromatic carbocycles. The van der Waals surface area contributed by atoms with E-state index < -0.39 is 5.97 Å². The number of piperidine rings is 1. The fourth-order valence-electron chi connectivity index (χ4n) is 2.97. The fraction of sp³-hybridized carbons (Fsp3) is 0.500. The molecule has 0 spiro atoms. The van der Waals surface area contributed by atoms with Crippen LogP contribution in [0.25, 0.3) is 0 Å². The number of likely N-dealkylation sites (tertiary alicyclic amines) is 1. The predicted octanol–water partition coefficient (Wildman–Crippen LogP) is 2.59. The van der Waals surface area contributed by atoms with E-state index in [2.05, 4.69) is 12.2 Å². The molecule has 2 amide bonds. The summed E-state index contributed by atoms with van der Waals surface area (Å²) in [6, 6.07) is 6.70. The Morgan fingerprint density at radius 3 is 2.79 bits per heavy atom. The minimum Gasteiger partial charge on any atom is -0.452 e. The molecule has 130 valence electrons. The number of hydrogen-bond acceptors (Lipinski definition) is 4. The van der Waals surface area contributed by atoms with Gasteiger partial charge in [-0.15, -0.1) is 0 Å². The van der Waals surface area contributed by atoms with E-state index in [0.29, 0.717) is 11.3 Å². The third kappa shape index (κ3) is 4.81. The average Bonchev–Trinajstić information content (AvgIpc) is 2.59. The van der Waals surface area contributed by atoms with Gasteiger partial charge in [-0.3, -0.25) is 9.59 Å². The summed E-state index contributed by atoms with van der Waals surface area (Å²) >= 11 is 0. The number of ether oxygens (including phenoxy) is 1. The van der Waals surface area contributed by atoms with Crippen LogP contribution in [-0.4, -0.2) is 41.9 Å². The van der Waals surface area contributed by atoms with Crippen molar-refractivity contribution in [1.82, 2.24) is 4.90 Å². The first kappa shape index (κ1) is 18.0. The van der Waals surface area contributed by atoms with E-state index in [0.717, 1.165) is 32.2 Å². The molecule has 1 aliphatic rings. The van der Waals surface area contributed by atoms with Gasteiger partial charge >= 0.3 is 5.97 Å². The Morgan fingerprint density at radius 2 is 2.08 bits per heavy atom. The first-order chi connectivity index (χ1) is 11.5. The van der Waals surface area contributed by atoms with Crippen LogP contribution in [0.1, 0.15) is 49.9 Å². The number of nitrogens with one attached hydrogen (secondary N) is 1. The summed E-state index contributed by atoms with van der Waals surface area (Å²) in [5.74, 6) is -0.931. The van der Waals surface area contributed by atoms with E-state index in [9.17, 15) is 14.4 Å². The van der Waals surface area contributed by atoms with E-state index in [1.165, 1.54) is 13.0 Å². The highest BCUT2D eigenvalue weighted by atomic mass is 16.5. The topological polar surface area (TPSA) is 75.7 Å². The SMILES string of the molecule is CC[C@H]1CCCCN1C(=O)COC(=O)c1cccc(NC(C)=O)c1. The molecular formula is C18H24N2O4. The lowest BCUT2D eigenvalue weighted by molar-refractivity contribution is -0.138.